The molecule has 0 aliphatic carbocycles. The van der Waals surface area contributed by atoms with E-state index in [4.69, 9.17) is 4.52 Å². The van der Waals surface area contributed by atoms with Crippen LogP contribution in [0.3, 0.4) is 0 Å². The van der Waals surface area contributed by atoms with Gasteiger partial charge < -0.3 is 14.4 Å². The lowest BCUT2D eigenvalue weighted by Crippen LogP contribution is -2.40. The Morgan fingerprint density at radius 3 is 3.05 bits per heavy atom. The normalized spacial score (nSPS) is 18.1. The minimum atomic E-state index is -0.203. The van der Waals surface area contributed by atoms with Crippen LogP contribution >= 0.6 is 0 Å². The van der Waals surface area contributed by atoms with Gasteiger partial charge in [-0.25, -0.2) is 4.98 Å². The lowest BCUT2D eigenvalue weighted by atomic mass is 10.1. The summed E-state index contributed by atoms with van der Waals surface area (Å²) >= 11 is 0. The van der Waals surface area contributed by atoms with Crippen LogP contribution in [0.2, 0.25) is 0 Å². The van der Waals surface area contributed by atoms with E-state index in [2.05, 4.69) is 20.0 Å². The first-order valence-electron chi connectivity index (χ1n) is 6.38. The maximum atomic E-state index is 12.0. The molecule has 1 atom stereocenters. The Balaban J connectivity index is 1.67. The first-order chi connectivity index (χ1) is 9.11. The summed E-state index contributed by atoms with van der Waals surface area (Å²) in [6.07, 6.45) is 3.80. The SMILES string of the molecule is Cc1cc(C(=O)NC2CCc3nc(C)cn3C2)on1. The molecule has 2 aromatic heterocycles. The quantitative estimate of drug-likeness (QED) is 0.881. The number of hydrogen-bond acceptors (Lipinski definition) is 4. The van der Waals surface area contributed by atoms with Crippen molar-refractivity contribution in [2.45, 2.75) is 39.3 Å². The number of amides is 1. The van der Waals surface area contributed by atoms with Gasteiger partial charge in [-0.05, 0) is 20.3 Å². The molecule has 0 aromatic carbocycles. The molecule has 0 saturated heterocycles. The van der Waals surface area contributed by atoms with E-state index in [0.717, 1.165) is 30.9 Å². The number of carbonyl (C=O) groups excluding carboxylic acids is 1. The molecule has 1 aliphatic rings. The van der Waals surface area contributed by atoms with Gasteiger partial charge >= 0.3 is 0 Å². The van der Waals surface area contributed by atoms with Crippen molar-refractivity contribution in [3.63, 3.8) is 0 Å². The van der Waals surface area contributed by atoms with Crippen molar-refractivity contribution in [1.82, 2.24) is 20.0 Å². The lowest BCUT2D eigenvalue weighted by Gasteiger charge is -2.24. The third kappa shape index (κ3) is 2.38. The van der Waals surface area contributed by atoms with Gasteiger partial charge in [0, 0.05) is 31.3 Å². The van der Waals surface area contributed by atoms with Crippen LogP contribution in [-0.2, 0) is 13.0 Å². The topological polar surface area (TPSA) is 73.0 Å². The van der Waals surface area contributed by atoms with Crippen molar-refractivity contribution >= 4 is 5.91 Å². The highest BCUT2D eigenvalue weighted by Crippen LogP contribution is 2.15. The number of aromatic nitrogens is 3. The Morgan fingerprint density at radius 2 is 2.32 bits per heavy atom. The molecular formula is C13H16N4O2. The molecule has 1 N–H and O–H groups in total. The van der Waals surface area contributed by atoms with Crippen LogP contribution in [0.5, 0.6) is 0 Å². The summed E-state index contributed by atoms with van der Waals surface area (Å²) < 4.78 is 7.07. The number of aryl methyl sites for hydroxylation is 3. The summed E-state index contributed by atoms with van der Waals surface area (Å²) in [5, 5.41) is 6.70. The van der Waals surface area contributed by atoms with Gasteiger partial charge in [0.1, 0.15) is 5.82 Å². The number of nitrogens with one attached hydrogen (secondary N) is 1. The third-order valence-electron chi connectivity index (χ3n) is 3.30. The Labute approximate surface area is 110 Å². The van der Waals surface area contributed by atoms with Crippen molar-refractivity contribution in [3.8, 4) is 0 Å². The van der Waals surface area contributed by atoms with E-state index in [1.165, 1.54) is 0 Å². The summed E-state index contributed by atoms with van der Waals surface area (Å²) in [7, 11) is 0. The molecule has 1 aliphatic heterocycles. The molecule has 100 valence electrons. The highest BCUT2D eigenvalue weighted by Gasteiger charge is 2.22. The smallest absolute Gasteiger partial charge is 0.290 e. The van der Waals surface area contributed by atoms with E-state index in [9.17, 15) is 4.79 Å². The fourth-order valence-electron chi connectivity index (χ4n) is 2.43. The molecule has 3 heterocycles. The average molecular weight is 260 g/mol. The third-order valence-corrected chi connectivity index (χ3v) is 3.30. The van der Waals surface area contributed by atoms with E-state index < -0.39 is 0 Å². The van der Waals surface area contributed by atoms with Gasteiger partial charge in [-0.1, -0.05) is 5.16 Å². The van der Waals surface area contributed by atoms with Crippen molar-refractivity contribution in [1.29, 1.82) is 0 Å². The second kappa shape index (κ2) is 4.53. The molecule has 0 spiro atoms. The minimum Gasteiger partial charge on any atom is -0.351 e. The molecule has 1 unspecified atom stereocenters. The van der Waals surface area contributed by atoms with Gasteiger partial charge in [-0.2, -0.15) is 0 Å². The first kappa shape index (κ1) is 12.0. The molecule has 1 amide bonds. The number of carbonyl (C=O) groups is 1. The zero-order valence-corrected chi connectivity index (χ0v) is 11.0. The van der Waals surface area contributed by atoms with Crippen molar-refractivity contribution in [2.75, 3.05) is 0 Å². The summed E-state index contributed by atoms with van der Waals surface area (Å²) in [5.41, 5.74) is 1.73. The largest absolute Gasteiger partial charge is 0.351 e. The van der Waals surface area contributed by atoms with Gasteiger partial charge in [0.2, 0.25) is 5.76 Å². The second-order valence-corrected chi connectivity index (χ2v) is 4.99. The predicted molar refractivity (Wildman–Crippen MR) is 67.8 cm³/mol. The van der Waals surface area contributed by atoms with E-state index in [-0.39, 0.29) is 17.7 Å². The highest BCUT2D eigenvalue weighted by atomic mass is 16.5. The van der Waals surface area contributed by atoms with Crippen LogP contribution < -0.4 is 5.32 Å². The first-order valence-corrected chi connectivity index (χ1v) is 6.38. The Bertz CT molecular complexity index is 614. The Morgan fingerprint density at radius 1 is 1.47 bits per heavy atom. The fourth-order valence-corrected chi connectivity index (χ4v) is 2.43. The van der Waals surface area contributed by atoms with Crippen LogP contribution in [0.1, 0.15) is 34.2 Å². The molecule has 6 nitrogen and oxygen atoms in total. The van der Waals surface area contributed by atoms with Crippen molar-refractivity contribution in [2.24, 2.45) is 0 Å². The predicted octanol–water partition coefficient (Wildman–Crippen LogP) is 1.23. The summed E-state index contributed by atoms with van der Waals surface area (Å²) in [5.74, 6) is 1.16. The summed E-state index contributed by atoms with van der Waals surface area (Å²) in [4.78, 5) is 16.4. The van der Waals surface area contributed by atoms with Crippen LogP contribution in [0, 0.1) is 13.8 Å². The van der Waals surface area contributed by atoms with Gasteiger partial charge in [0.25, 0.3) is 5.91 Å². The molecule has 0 saturated carbocycles. The zero-order valence-electron chi connectivity index (χ0n) is 11.0. The van der Waals surface area contributed by atoms with Crippen molar-refractivity contribution < 1.29 is 9.32 Å². The molecule has 6 heteroatoms. The fraction of sp³-hybridized carbons (Fsp3) is 0.462. The summed E-state index contributed by atoms with van der Waals surface area (Å²) in [6, 6.07) is 1.75. The highest BCUT2D eigenvalue weighted by molar-refractivity contribution is 5.91. The number of imidazole rings is 1. The number of nitrogens with zero attached hydrogens (tertiary/aromatic N) is 3. The van der Waals surface area contributed by atoms with E-state index in [0.29, 0.717) is 5.69 Å². The minimum absolute atomic E-state index is 0.110. The monoisotopic (exact) mass is 260 g/mol. The van der Waals surface area contributed by atoms with Crippen molar-refractivity contribution in [3.05, 3.63) is 35.2 Å². The van der Waals surface area contributed by atoms with Crippen LogP contribution in [-0.4, -0.2) is 26.7 Å². The zero-order chi connectivity index (χ0) is 13.4. The molecule has 0 radical (unpaired) electrons. The molecule has 0 fully saturated rings. The number of rotatable bonds is 2. The van der Waals surface area contributed by atoms with Crippen LogP contribution in [0.15, 0.2) is 16.8 Å². The second-order valence-electron chi connectivity index (χ2n) is 4.99. The number of fused-ring (bicyclic) bond motifs is 1. The summed E-state index contributed by atoms with van der Waals surface area (Å²) in [6.45, 7) is 4.53. The van der Waals surface area contributed by atoms with Crippen LogP contribution in [0.25, 0.3) is 0 Å². The maximum Gasteiger partial charge on any atom is 0.290 e. The van der Waals surface area contributed by atoms with E-state index in [1.807, 2.05) is 13.1 Å². The standard InChI is InChI=1S/C13H16N4O2/c1-8-5-11(19-16-8)13(18)15-10-3-4-12-14-9(2)6-17(12)7-10/h5-6,10H,3-4,7H2,1-2H3,(H,15,18). The molecule has 0 bridgehead atoms. The van der Waals surface area contributed by atoms with E-state index in [1.54, 1.807) is 13.0 Å². The Kier molecular flexibility index (Phi) is 2.85. The molecular weight excluding hydrogens is 244 g/mol. The van der Waals surface area contributed by atoms with Gasteiger partial charge in [0.15, 0.2) is 0 Å². The van der Waals surface area contributed by atoms with Gasteiger partial charge in [-0.3, -0.25) is 4.79 Å². The average Bonchev–Trinajstić information content (AvgIpc) is 2.93. The van der Waals surface area contributed by atoms with Gasteiger partial charge in [0.05, 0.1) is 11.4 Å². The van der Waals surface area contributed by atoms with Gasteiger partial charge in [-0.15, -0.1) is 0 Å². The maximum absolute atomic E-state index is 12.0. The van der Waals surface area contributed by atoms with E-state index >= 15 is 0 Å². The molecule has 19 heavy (non-hydrogen) atoms. The number of hydrogen-bond donors (Lipinski definition) is 1. The Hall–Kier alpha value is -2.11. The molecule has 2 aromatic rings. The molecule has 3 rings (SSSR count). The van der Waals surface area contributed by atoms with Crippen LogP contribution in [0.4, 0.5) is 0 Å². The lowest BCUT2D eigenvalue weighted by molar-refractivity contribution is 0.0890.